The second-order valence-corrected chi connectivity index (χ2v) is 9.64. The summed E-state index contributed by atoms with van der Waals surface area (Å²) >= 11 is 6.83. The van der Waals surface area contributed by atoms with Gasteiger partial charge in [-0.15, -0.1) is 0 Å². The first kappa shape index (κ1) is 33.7. The number of aliphatic imine (C=N–C) groups is 1. The summed E-state index contributed by atoms with van der Waals surface area (Å²) in [6.07, 6.45) is 14.6. The molecule has 0 bridgehead atoms. The van der Waals surface area contributed by atoms with E-state index in [1.54, 1.807) is 14.2 Å². The molecule has 5 nitrogen and oxygen atoms in total. The third-order valence-electron chi connectivity index (χ3n) is 6.56. The van der Waals surface area contributed by atoms with Crippen LogP contribution in [0, 0.1) is 0 Å². The van der Waals surface area contributed by atoms with E-state index in [-0.39, 0.29) is 6.04 Å². The summed E-state index contributed by atoms with van der Waals surface area (Å²) in [5.74, 6) is 1.69. The first-order valence-electron chi connectivity index (χ1n) is 13.9. The number of allylic oxidation sites excluding steroid dienone is 4. The van der Waals surface area contributed by atoms with Crippen LogP contribution in [0.4, 0.5) is 0 Å². The van der Waals surface area contributed by atoms with E-state index in [9.17, 15) is 0 Å². The lowest BCUT2D eigenvalue weighted by molar-refractivity contribution is 0.208. The Morgan fingerprint density at radius 2 is 1.82 bits per heavy atom. The van der Waals surface area contributed by atoms with Crippen LogP contribution < -0.4 is 5.32 Å². The molecule has 0 saturated heterocycles. The number of aryl methyl sites for hydroxylation is 2. The van der Waals surface area contributed by atoms with Crippen molar-refractivity contribution in [3.63, 3.8) is 0 Å². The zero-order valence-electron chi connectivity index (χ0n) is 24.9. The van der Waals surface area contributed by atoms with E-state index in [0.29, 0.717) is 18.3 Å². The molecule has 0 heterocycles. The van der Waals surface area contributed by atoms with Crippen LogP contribution >= 0.6 is 11.6 Å². The van der Waals surface area contributed by atoms with Crippen LogP contribution in [0.25, 0.3) is 0 Å². The predicted octanol–water partition coefficient (Wildman–Crippen LogP) is 7.42. The number of nitrogens with one attached hydrogen (secondary N) is 1. The van der Waals surface area contributed by atoms with Crippen molar-refractivity contribution < 1.29 is 9.47 Å². The second kappa shape index (κ2) is 19.7. The molecule has 0 aliphatic carbocycles. The van der Waals surface area contributed by atoms with Gasteiger partial charge < -0.3 is 14.8 Å². The van der Waals surface area contributed by atoms with Crippen LogP contribution in [0.3, 0.4) is 0 Å². The number of hydrogen-bond acceptors (Lipinski definition) is 4. The van der Waals surface area contributed by atoms with Crippen molar-refractivity contribution in [1.29, 1.82) is 0 Å². The molecule has 1 unspecified atom stereocenters. The van der Waals surface area contributed by atoms with Crippen molar-refractivity contribution in [2.45, 2.75) is 73.3 Å². The Morgan fingerprint density at radius 1 is 1.13 bits per heavy atom. The summed E-state index contributed by atoms with van der Waals surface area (Å²) in [6, 6.07) is 6.67. The second-order valence-electron chi connectivity index (χ2n) is 9.23. The van der Waals surface area contributed by atoms with Gasteiger partial charge >= 0.3 is 0 Å². The van der Waals surface area contributed by atoms with E-state index in [0.717, 1.165) is 55.9 Å². The monoisotopic (exact) mass is 543 g/mol. The van der Waals surface area contributed by atoms with Gasteiger partial charge in [0, 0.05) is 25.3 Å². The maximum atomic E-state index is 6.83. The quantitative estimate of drug-likeness (QED) is 0.0554. The van der Waals surface area contributed by atoms with Crippen LogP contribution in [0.2, 0.25) is 0 Å². The third kappa shape index (κ3) is 11.6. The molecular formula is C32H50ClN3O2. The van der Waals surface area contributed by atoms with Gasteiger partial charge in [0.25, 0.3) is 0 Å². The molecule has 0 radical (unpaired) electrons. The SMILES string of the molecule is C\C=C/C(=C\C=C(/C)OC)C(C)N(C/C=C(\Cl)NC(=NCCOC)c1c(CC)cccc1CC)CCCC. The number of rotatable bonds is 17. The first-order valence-corrected chi connectivity index (χ1v) is 14.3. The summed E-state index contributed by atoms with van der Waals surface area (Å²) < 4.78 is 10.6. The van der Waals surface area contributed by atoms with Crippen molar-refractivity contribution >= 4 is 17.4 Å². The van der Waals surface area contributed by atoms with E-state index in [4.69, 9.17) is 26.1 Å². The van der Waals surface area contributed by atoms with Gasteiger partial charge in [0.2, 0.25) is 0 Å². The summed E-state index contributed by atoms with van der Waals surface area (Å²) in [5.41, 5.74) is 4.89. The van der Waals surface area contributed by atoms with E-state index in [2.05, 4.69) is 80.4 Å². The number of amidine groups is 1. The molecular weight excluding hydrogens is 494 g/mol. The topological polar surface area (TPSA) is 46.1 Å². The highest BCUT2D eigenvalue weighted by Gasteiger charge is 2.17. The molecule has 0 fully saturated rings. The minimum absolute atomic E-state index is 0.210. The Labute approximate surface area is 237 Å². The van der Waals surface area contributed by atoms with Crippen molar-refractivity contribution in [2.24, 2.45) is 4.99 Å². The van der Waals surface area contributed by atoms with Crippen molar-refractivity contribution in [3.8, 4) is 0 Å². The molecule has 1 atom stereocenters. The van der Waals surface area contributed by atoms with Crippen LogP contribution in [-0.4, -0.2) is 57.2 Å². The van der Waals surface area contributed by atoms with Gasteiger partial charge in [0.05, 0.1) is 26.0 Å². The van der Waals surface area contributed by atoms with Gasteiger partial charge in [-0.1, -0.05) is 75.2 Å². The maximum absolute atomic E-state index is 6.83. The van der Waals surface area contributed by atoms with Gasteiger partial charge in [-0.2, -0.15) is 0 Å². The predicted molar refractivity (Wildman–Crippen MR) is 165 cm³/mol. The van der Waals surface area contributed by atoms with Crippen LogP contribution in [0.5, 0.6) is 0 Å². The van der Waals surface area contributed by atoms with Crippen molar-refractivity contribution in [3.05, 3.63) is 81.8 Å². The van der Waals surface area contributed by atoms with Gasteiger partial charge in [-0.25, -0.2) is 0 Å². The number of hydrogen-bond donors (Lipinski definition) is 1. The summed E-state index contributed by atoms with van der Waals surface area (Å²) in [4.78, 5) is 7.31. The summed E-state index contributed by atoms with van der Waals surface area (Å²) in [7, 11) is 3.39. The van der Waals surface area contributed by atoms with E-state index >= 15 is 0 Å². The van der Waals surface area contributed by atoms with Crippen LogP contribution in [-0.2, 0) is 22.3 Å². The molecule has 1 aromatic carbocycles. The smallest absolute Gasteiger partial charge is 0.134 e. The average Bonchev–Trinajstić information content (AvgIpc) is 2.93. The number of benzene rings is 1. The Morgan fingerprint density at radius 3 is 2.37 bits per heavy atom. The molecule has 212 valence electrons. The molecule has 0 aliphatic heterocycles. The lowest BCUT2D eigenvalue weighted by Crippen LogP contribution is -2.36. The molecule has 38 heavy (non-hydrogen) atoms. The molecule has 0 saturated carbocycles. The van der Waals surface area contributed by atoms with Crippen molar-refractivity contribution in [1.82, 2.24) is 10.2 Å². The zero-order valence-corrected chi connectivity index (χ0v) is 25.7. The molecule has 0 spiro atoms. The highest BCUT2D eigenvalue weighted by molar-refractivity contribution is 6.31. The normalized spacial score (nSPS) is 14.5. The average molecular weight is 544 g/mol. The number of halogens is 1. The largest absolute Gasteiger partial charge is 0.501 e. The van der Waals surface area contributed by atoms with E-state index in [1.165, 1.54) is 16.7 Å². The molecule has 1 rings (SSSR count). The first-order chi connectivity index (χ1) is 18.4. The Kier molecular flexibility index (Phi) is 17.5. The highest BCUT2D eigenvalue weighted by Crippen LogP contribution is 2.19. The minimum Gasteiger partial charge on any atom is -0.501 e. The van der Waals surface area contributed by atoms with Gasteiger partial charge in [-0.3, -0.25) is 9.89 Å². The van der Waals surface area contributed by atoms with Crippen molar-refractivity contribution in [2.75, 3.05) is 40.5 Å². The Hall–Kier alpha value is -2.34. The maximum Gasteiger partial charge on any atom is 0.134 e. The molecule has 1 N–H and O–H groups in total. The summed E-state index contributed by atoms with van der Waals surface area (Å²) in [5, 5.41) is 4.01. The number of ether oxygens (including phenoxy) is 2. The third-order valence-corrected chi connectivity index (χ3v) is 6.81. The van der Waals surface area contributed by atoms with E-state index in [1.807, 2.05) is 19.9 Å². The van der Waals surface area contributed by atoms with Gasteiger partial charge in [-0.05, 0) is 75.4 Å². The molecule has 0 amide bonds. The lowest BCUT2D eigenvalue weighted by Gasteiger charge is -2.29. The number of methoxy groups -OCH3 is 2. The fourth-order valence-electron chi connectivity index (χ4n) is 4.16. The lowest BCUT2D eigenvalue weighted by atomic mass is 9.96. The standard InChI is InChI=1S/C32H50ClN3O2/c1-9-13-22-36(26(6)29(15-10-2)19-18-25(5)38-8)23-20-30(33)35-32(34-21-24-37-7)31-27(11-3)16-14-17-28(31)12-4/h10,14-20,26H,9,11-13,21-24H2,1-8H3,(H,34,35)/b15-10-,25-18+,29-19+,30-20+. The Bertz CT molecular complexity index is 957. The molecule has 6 heteroatoms. The fraction of sp³-hybridized carbons (Fsp3) is 0.531. The molecule has 0 aliphatic rings. The van der Waals surface area contributed by atoms with Crippen LogP contribution in [0.15, 0.2) is 70.1 Å². The van der Waals surface area contributed by atoms with Gasteiger partial charge in [0.15, 0.2) is 0 Å². The highest BCUT2D eigenvalue weighted by atomic mass is 35.5. The Balaban J connectivity index is 3.29. The summed E-state index contributed by atoms with van der Waals surface area (Å²) in [6.45, 7) is 15.7. The van der Waals surface area contributed by atoms with E-state index < -0.39 is 0 Å². The molecule has 1 aromatic rings. The molecule has 0 aromatic heterocycles. The van der Waals surface area contributed by atoms with Crippen LogP contribution in [0.1, 0.15) is 71.1 Å². The van der Waals surface area contributed by atoms with Gasteiger partial charge in [0.1, 0.15) is 11.0 Å². The zero-order chi connectivity index (χ0) is 28.3. The minimum atomic E-state index is 0.210. The fourth-order valence-corrected chi connectivity index (χ4v) is 4.32. The number of unbranched alkanes of at least 4 members (excludes halogenated alkanes) is 1. The number of nitrogens with zero attached hydrogens (tertiary/aromatic N) is 2.